The van der Waals surface area contributed by atoms with E-state index in [-0.39, 0.29) is 5.69 Å². The number of aromatic carboxylic acids is 1. The van der Waals surface area contributed by atoms with Gasteiger partial charge in [-0.05, 0) is 25.2 Å². The summed E-state index contributed by atoms with van der Waals surface area (Å²) in [6, 6.07) is 0. The molecule has 0 aliphatic heterocycles. The number of aryl methyl sites for hydroxylation is 1. The Balaban J connectivity index is 1.82. The Morgan fingerprint density at radius 1 is 1.35 bits per heavy atom. The Morgan fingerprint density at radius 2 is 2.12 bits per heavy atom. The van der Waals surface area contributed by atoms with E-state index in [1.165, 1.54) is 19.3 Å². The van der Waals surface area contributed by atoms with Gasteiger partial charge in [-0.2, -0.15) is 0 Å². The number of carboxylic acid groups (broad SMARTS) is 1. The molecule has 0 atom stereocenters. The van der Waals surface area contributed by atoms with Gasteiger partial charge in [0.05, 0.1) is 5.69 Å². The molecule has 2 aliphatic carbocycles. The highest BCUT2D eigenvalue weighted by atomic mass is 16.4. The predicted molar refractivity (Wildman–Crippen MR) is 60.9 cm³/mol. The molecule has 2 saturated carbocycles. The number of hydrogen-bond donors (Lipinski definition) is 1. The molecule has 2 fully saturated rings. The lowest BCUT2D eigenvalue weighted by Gasteiger charge is -2.26. The van der Waals surface area contributed by atoms with Crippen LogP contribution in [0, 0.1) is 5.92 Å². The summed E-state index contributed by atoms with van der Waals surface area (Å²) in [6.45, 7) is 0.830. The maximum atomic E-state index is 11.1. The van der Waals surface area contributed by atoms with Crippen LogP contribution in [0.2, 0.25) is 0 Å². The van der Waals surface area contributed by atoms with Crippen molar-refractivity contribution in [3.63, 3.8) is 0 Å². The van der Waals surface area contributed by atoms with Crippen molar-refractivity contribution in [2.45, 2.75) is 51.0 Å². The summed E-state index contributed by atoms with van der Waals surface area (Å²) in [5, 5.41) is 17.0. The van der Waals surface area contributed by atoms with E-state index in [4.69, 9.17) is 5.11 Å². The molecule has 0 spiro atoms. The van der Waals surface area contributed by atoms with Crippen molar-refractivity contribution in [2.75, 3.05) is 0 Å². The van der Waals surface area contributed by atoms with Gasteiger partial charge >= 0.3 is 5.97 Å². The smallest absolute Gasteiger partial charge is 0.358 e. The summed E-state index contributed by atoms with van der Waals surface area (Å²) < 4.78 is 1.84. The number of aromatic nitrogens is 3. The largest absolute Gasteiger partial charge is 0.476 e. The lowest BCUT2D eigenvalue weighted by Crippen LogP contribution is -2.18. The second-order valence-electron chi connectivity index (χ2n) is 5.21. The Hall–Kier alpha value is -1.39. The molecule has 0 aromatic carbocycles. The van der Waals surface area contributed by atoms with Crippen LogP contribution in [-0.2, 0) is 6.54 Å². The highest BCUT2D eigenvalue weighted by Gasteiger charge is 2.31. The molecule has 1 aromatic rings. The molecular weight excluding hydrogens is 218 g/mol. The fourth-order valence-electron chi connectivity index (χ4n) is 2.44. The van der Waals surface area contributed by atoms with Gasteiger partial charge in [-0.25, -0.2) is 9.48 Å². The highest BCUT2D eigenvalue weighted by Crippen LogP contribution is 2.38. The Bertz CT molecular complexity index is 433. The van der Waals surface area contributed by atoms with Crippen LogP contribution >= 0.6 is 0 Å². The van der Waals surface area contributed by atoms with E-state index in [1.54, 1.807) is 0 Å². The monoisotopic (exact) mass is 235 g/mol. The fourth-order valence-corrected chi connectivity index (χ4v) is 2.44. The van der Waals surface area contributed by atoms with Gasteiger partial charge in [0.25, 0.3) is 0 Å². The molecule has 2 aliphatic rings. The minimum atomic E-state index is -0.940. The van der Waals surface area contributed by atoms with Crippen molar-refractivity contribution in [2.24, 2.45) is 5.92 Å². The average molecular weight is 235 g/mol. The van der Waals surface area contributed by atoms with E-state index in [2.05, 4.69) is 10.3 Å². The molecule has 0 unspecified atom stereocenters. The fraction of sp³-hybridized carbons (Fsp3) is 0.750. The Labute approximate surface area is 99.8 Å². The van der Waals surface area contributed by atoms with Crippen molar-refractivity contribution in [3.05, 3.63) is 11.4 Å². The van der Waals surface area contributed by atoms with Gasteiger partial charge in [-0.3, -0.25) is 0 Å². The number of rotatable bonds is 5. The molecule has 0 bridgehead atoms. The van der Waals surface area contributed by atoms with Gasteiger partial charge in [0.1, 0.15) is 0 Å². The van der Waals surface area contributed by atoms with Crippen molar-refractivity contribution >= 4 is 5.97 Å². The minimum Gasteiger partial charge on any atom is -0.476 e. The van der Waals surface area contributed by atoms with Crippen LogP contribution in [0.25, 0.3) is 0 Å². The van der Waals surface area contributed by atoms with E-state index < -0.39 is 5.97 Å². The van der Waals surface area contributed by atoms with E-state index in [1.807, 2.05) is 4.68 Å². The van der Waals surface area contributed by atoms with Gasteiger partial charge < -0.3 is 5.11 Å². The molecule has 17 heavy (non-hydrogen) atoms. The standard InChI is InChI=1S/C12H17N3O2/c16-12(17)10-11(9-2-1-3-9)15(14-13-10)7-6-8-4-5-8/h8-9H,1-7H2,(H,16,17). The molecule has 0 saturated heterocycles. The molecule has 0 radical (unpaired) electrons. The van der Waals surface area contributed by atoms with Crippen molar-refractivity contribution in [1.29, 1.82) is 0 Å². The third-order valence-electron chi connectivity index (χ3n) is 3.91. The number of nitrogens with zero attached hydrogens (tertiary/aromatic N) is 3. The van der Waals surface area contributed by atoms with Crippen LogP contribution in [0.15, 0.2) is 0 Å². The number of hydrogen-bond acceptors (Lipinski definition) is 3. The summed E-state index contributed by atoms with van der Waals surface area (Å²) in [5.41, 5.74) is 1.04. The first-order valence-electron chi connectivity index (χ1n) is 6.42. The zero-order valence-electron chi connectivity index (χ0n) is 9.80. The predicted octanol–water partition coefficient (Wildman–Crippen LogP) is 2.04. The number of carboxylic acids is 1. The van der Waals surface area contributed by atoms with E-state index in [9.17, 15) is 4.79 Å². The first-order valence-corrected chi connectivity index (χ1v) is 6.42. The van der Waals surface area contributed by atoms with Crippen LogP contribution in [0.3, 0.4) is 0 Å². The minimum absolute atomic E-state index is 0.172. The summed E-state index contributed by atoms with van der Waals surface area (Å²) in [7, 11) is 0. The lowest BCUT2D eigenvalue weighted by atomic mass is 9.82. The first kappa shape index (κ1) is 10.7. The molecule has 5 heteroatoms. The van der Waals surface area contributed by atoms with Gasteiger partial charge in [0, 0.05) is 12.5 Å². The third-order valence-corrected chi connectivity index (χ3v) is 3.91. The van der Waals surface area contributed by atoms with E-state index in [0.717, 1.165) is 37.4 Å². The second-order valence-corrected chi connectivity index (χ2v) is 5.21. The van der Waals surface area contributed by atoms with Crippen LogP contribution in [0.4, 0.5) is 0 Å². The zero-order chi connectivity index (χ0) is 11.8. The molecule has 92 valence electrons. The van der Waals surface area contributed by atoms with Gasteiger partial charge in [0.2, 0.25) is 0 Å². The summed E-state index contributed by atoms with van der Waals surface area (Å²) in [5.74, 6) is 0.265. The van der Waals surface area contributed by atoms with Crippen LogP contribution in [0.5, 0.6) is 0 Å². The molecule has 0 amide bonds. The van der Waals surface area contributed by atoms with Gasteiger partial charge in [-0.15, -0.1) is 5.10 Å². The third kappa shape index (κ3) is 2.06. The maximum absolute atomic E-state index is 11.1. The molecular formula is C12H17N3O2. The molecule has 1 heterocycles. The Morgan fingerprint density at radius 3 is 2.65 bits per heavy atom. The highest BCUT2D eigenvalue weighted by molar-refractivity contribution is 5.86. The Kier molecular flexibility index (Phi) is 2.61. The van der Waals surface area contributed by atoms with Crippen molar-refractivity contribution < 1.29 is 9.90 Å². The van der Waals surface area contributed by atoms with Gasteiger partial charge in [-0.1, -0.05) is 24.5 Å². The zero-order valence-corrected chi connectivity index (χ0v) is 9.80. The normalized spacial score (nSPS) is 20.2. The van der Waals surface area contributed by atoms with Crippen molar-refractivity contribution in [3.8, 4) is 0 Å². The van der Waals surface area contributed by atoms with Gasteiger partial charge in [0.15, 0.2) is 5.69 Å². The van der Waals surface area contributed by atoms with Crippen molar-refractivity contribution in [1.82, 2.24) is 15.0 Å². The molecule has 1 aromatic heterocycles. The second kappa shape index (κ2) is 4.13. The maximum Gasteiger partial charge on any atom is 0.358 e. The quantitative estimate of drug-likeness (QED) is 0.848. The lowest BCUT2D eigenvalue weighted by molar-refractivity contribution is 0.0687. The SMILES string of the molecule is O=C(O)c1nnn(CCC2CC2)c1C1CCC1. The molecule has 3 rings (SSSR count). The van der Waals surface area contributed by atoms with E-state index >= 15 is 0 Å². The van der Waals surface area contributed by atoms with Crippen LogP contribution in [-0.4, -0.2) is 26.1 Å². The number of carbonyl (C=O) groups is 1. The summed E-state index contributed by atoms with van der Waals surface area (Å²) in [4.78, 5) is 11.1. The molecule has 5 nitrogen and oxygen atoms in total. The average Bonchev–Trinajstić information content (AvgIpc) is 2.95. The first-order chi connectivity index (χ1) is 8.25. The topological polar surface area (TPSA) is 68.0 Å². The van der Waals surface area contributed by atoms with E-state index in [0.29, 0.717) is 5.92 Å². The molecule has 1 N–H and O–H groups in total. The summed E-state index contributed by atoms with van der Waals surface area (Å²) in [6.07, 6.45) is 7.10. The summed E-state index contributed by atoms with van der Waals surface area (Å²) >= 11 is 0. The van der Waals surface area contributed by atoms with Crippen LogP contribution < -0.4 is 0 Å². The van der Waals surface area contributed by atoms with Crippen LogP contribution in [0.1, 0.15) is 60.6 Å².